The van der Waals surface area contributed by atoms with E-state index in [1.807, 2.05) is 0 Å². The molecule has 4 aromatic carbocycles. The molecule has 0 fully saturated rings. The molecule has 0 atom stereocenters. The van der Waals surface area contributed by atoms with Crippen LogP contribution in [0.1, 0.15) is 31.1 Å². The number of aromatic carboxylic acids is 3. The Morgan fingerprint density at radius 3 is 1.35 bits per heavy atom. The molecule has 4 rings (SSSR count). The molecule has 0 aliphatic carbocycles. The lowest BCUT2D eigenvalue weighted by Crippen LogP contribution is -2.06. The first kappa shape index (κ1) is 15.6. The number of carbonyl (C=O) groups is 3. The third-order valence-electron chi connectivity index (χ3n) is 4.57. The highest BCUT2D eigenvalue weighted by molar-refractivity contribution is 6.31. The average molecular weight is 350 g/mol. The van der Waals surface area contributed by atoms with E-state index in [0.29, 0.717) is 21.5 Å². The van der Waals surface area contributed by atoms with Crippen LogP contribution in [0.2, 0.25) is 0 Å². The molecule has 4 N–H and O–H groups in total. The van der Waals surface area contributed by atoms with Crippen molar-refractivity contribution in [2.45, 2.75) is 0 Å². The molecule has 4 aromatic rings. The highest BCUT2D eigenvalue weighted by Gasteiger charge is 2.23. The summed E-state index contributed by atoms with van der Waals surface area (Å²) in [6.07, 6.45) is 0. The Hall–Kier alpha value is -3.87. The van der Waals surface area contributed by atoms with Gasteiger partial charge in [-0.25, -0.2) is 14.4 Å². The Labute approximate surface area is 144 Å². The largest absolute Gasteiger partial charge is 0.507 e. The lowest BCUT2D eigenvalue weighted by atomic mass is 9.87. The Morgan fingerprint density at radius 1 is 0.577 bits per heavy atom. The van der Waals surface area contributed by atoms with Gasteiger partial charge in [0.05, 0.1) is 16.7 Å². The highest BCUT2D eigenvalue weighted by Crippen LogP contribution is 2.42. The van der Waals surface area contributed by atoms with Gasteiger partial charge >= 0.3 is 17.9 Å². The van der Waals surface area contributed by atoms with Crippen LogP contribution < -0.4 is 0 Å². The number of benzene rings is 4. The Kier molecular flexibility index (Phi) is 3.05. The third-order valence-corrected chi connectivity index (χ3v) is 4.57. The number of rotatable bonds is 3. The fourth-order valence-electron chi connectivity index (χ4n) is 3.51. The summed E-state index contributed by atoms with van der Waals surface area (Å²) in [5.41, 5.74) is -0.559. The Balaban J connectivity index is 2.39. The number of hydrogen-bond donors (Lipinski definition) is 4. The minimum absolute atomic E-state index is 0.151. The zero-order valence-electron chi connectivity index (χ0n) is 13.0. The molecular formula is C19H10O7. The van der Waals surface area contributed by atoms with Crippen LogP contribution in [0.4, 0.5) is 0 Å². The maximum atomic E-state index is 11.6. The van der Waals surface area contributed by atoms with Gasteiger partial charge < -0.3 is 20.4 Å². The first-order valence-electron chi connectivity index (χ1n) is 7.48. The molecule has 0 heterocycles. The van der Waals surface area contributed by atoms with E-state index in [9.17, 15) is 34.8 Å². The highest BCUT2D eigenvalue weighted by atomic mass is 16.4. The van der Waals surface area contributed by atoms with Crippen LogP contribution >= 0.6 is 0 Å². The maximum Gasteiger partial charge on any atom is 0.336 e. The summed E-state index contributed by atoms with van der Waals surface area (Å²) in [4.78, 5) is 34.8. The van der Waals surface area contributed by atoms with Crippen molar-refractivity contribution in [1.82, 2.24) is 0 Å². The van der Waals surface area contributed by atoms with Crippen molar-refractivity contribution in [1.29, 1.82) is 0 Å². The maximum absolute atomic E-state index is 11.6. The second kappa shape index (κ2) is 5.06. The number of carboxylic acid groups (broad SMARTS) is 3. The van der Waals surface area contributed by atoms with Gasteiger partial charge in [-0.1, -0.05) is 18.2 Å². The van der Waals surface area contributed by atoms with Crippen molar-refractivity contribution in [2.75, 3.05) is 0 Å². The van der Waals surface area contributed by atoms with Gasteiger partial charge in [-0.15, -0.1) is 0 Å². The van der Waals surface area contributed by atoms with Crippen LogP contribution in [0.5, 0.6) is 5.75 Å². The number of phenolic OH excluding ortho intramolecular Hbond substituents is 1. The summed E-state index contributed by atoms with van der Waals surface area (Å²) in [6.45, 7) is 0. The molecule has 0 aromatic heterocycles. The zero-order chi connectivity index (χ0) is 18.7. The molecule has 0 saturated carbocycles. The van der Waals surface area contributed by atoms with E-state index in [4.69, 9.17) is 0 Å². The molecule has 128 valence electrons. The van der Waals surface area contributed by atoms with Gasteiger partial charge in [-0.05, 0) is 39.7 Å². The molecule has 0 amide bonds. The van der Waals surface area contributed by atoms with Gasteiger partial charge in [0.15, 0.2) is 0 Å². The summed E-state index contributed by atoms with van der Waals surface area (Å²) in [5.74, 6) is -4.13. The number of phenols is 1. The van der Waals surface area contributed by atoms with Crippen LogP contribution in [0, 0.1) is 0 Å². The first-order valence-corrected chi connectivity index (χ1v) is 7.48. The van der Waals surface area contributed by atoms with Gasteiger partial charge in [0.2, 0.25) is 0 Å². The van der Waals surface area contributed by atoms with Crippen molar-refractivity contribution in [3.63, 3.8) is 0 Å². The van der Waals surface area contributed by atoms with Crippen molar-refractivity contribution in [3.8, 4) is 5.75 Å². The van der Waals surface area contributed by atoms with E-state index in [2.05, 4.69) is 0 Å². The fourth-order valence-corrected chi connectivity index (χ4v) is 3.51. The average Bonchev–Trinajstić information content (AvgIpc) is 2.59. The molecule has 26 heavy (non-hydrogen) atoms. The Morgan fingerprint density at radius 2 is 0.923 bits per heavy atom. The summed E-state index contributed by atoms with van der Waals surface area (Å²) >= 11 is 0. The molecule has 0 aliphatic rings. The standard InChI is InChI=1S/C19H10O7/c20-14-6-13(19(25)26)9-2-1-7-11(17(21)22)5-12(18(23)24)8-3-4-10(14)16(9)15(7)8/h1-6,20H,(H,21,22)(H,23,24)(H,25,26). The summed E-state index contributed by atoms with van der Waals surface area (Å²) in [7, 11) is 0. The number of carboxylic acids is 3. The van der Waals surface area contributed by atoms with E-state index in [1.165, 1.54) is 24.3 Å². The first-order chi connectivity index (χ1) is 12.3. The second-order valence-electron chi connectivity index (χ2n) is 5.90. The van der Waals surface area contributed by atoms with Crippen LogP contribution in [-0.2, 0) is 0 Å². The predicted molar refractivity (Wildman–Crippen MR) is 92.7 cm³/mol. The van der Waals surface area contributed by atoms with Gasteiger partial charge in [-0.2, -0.15) is 0 Å². The van der Waals surface area contributed by atoms with Crippen molar-refractivity contribution in [2.24, 2.45) is 0 Å². The van der Waals surface area contributed by atoms with Crippen LogP contribution in [0.15, 0.2) is 36.4 Å². The van der Waals surface area contributed by atoms with E-state index in [-0.39, 0.29) is 33.2 Å². The molecule has 0 bridgehead atoms. The summed E-state index contributed by atoms with van der Waals surface area (Å²) in [5, 5.41) is 40.4. The fraction of sp³-hybridized carbons (Fsp3) is 0. The van der Waals surface area contributed by atoms with Gasteiger partial charge in [0.1, 0.15) is 5.75 Å². The molecule has 0 radical (unpaired) electrons. The van der Waals surface area contributed by atoms with E-state index >= 15 is 0 Å². The SMILES string of the molecule is O=C(O)c1cc(O)c2ccc3c(C(=O)O)cc(C(=O)O)c4ccc1c2c34. The molecule has 7 heteroatoms. The number of hydrogen-bond acceptors (Lipinski definition) is 4. The quantitative estimate of drug-likeness (QED) is 0.416. The third kappa shape index (κ3) is 1.91. The van der Waals surface area contributed by atoms with Crippen molar-refractivity contribution >= 4 is 50.2 Å². The van der Waals surface area contributed by atoms with Gasteiger partial charge in [0, 0.05) is 10.8 Å². The second-order valence-corrected chi connectivity index (χ2v) is 5.90. The lowest BCUT2D eigenvalue weighted by molar-refractivity contribution is 0.0684. The van der Waals surface area contributed by atoms with E-state index in [0.717, 1.165) is 12.1 Å². The van der Waals surface area contributed by atoms with Gasteiger partial charge in [0.25, 0.3) is 0 Å². The van der Waals surface area contributed by atoms with E-state index in [1.54, 1.807) is 0 Å². The van der Waals surface area contributed by atoms with Crippen molar-refractivity contribution < 1.29 is 34.8 Å². The molecule has 0 unspecified atom stereocenters. The molecule has 0 saturated heterocycles. The Bertz CT molecular complexity index is 1240. The molecule has 0 spiro atoms. The summed E-state index contributed by atoms with van der Waals surface area (Å²) < 4.78 is 0. The van der Waals surface area contributed by atoms with Crippen molar-refractivity contribution in [3.05, 3.63) is 53.1 Å². The van der Waals surface area contributed by atoms with Crippen LogP contribution in [0.25, 0.3) is 32.3 Å². The van der Waals surface area contributed by atoms with E-state index < -0.39 is 17.9 Å². The smallest absolute Gasteiger partial charge is 0.336 e. The monoisotopic (exact) mass is 350 g/mol. The number of aromatic hydroxyl groups is 1. The van der Waals surface area contributed by atoms with Gasteiger partial charge in [-0.3, -0.25) is 0 Å². The minimum atomic E-state index is -1.30. The molecule has 7 nitrogen and oxygen atoms in total. The topological polar surface area (TPSA) is 132 Å². The lowest BCUT2D eigenvalue weighted by Gasteiger charge is -2.16. The predicted octanol–water partition coefficient (Wildman–Crippen LogP) is 3.38. The molecular weight excluding hydrogens is 340 g/mol. The van der Waals surface area contributed by atoms with Crippen LogP contribution in [-0.4, -0.2) is 38.3 Å². The van der Waals surface area contributed by atoms with Crippen LogP contribution in [0.3, 0.4) is 0 Å². The normalized spacial score (nSPS) is 11.4. The minimum Gasteiger partial charge on any atom is -0.507 e. The zero-order valence-corrected chi connectivity index (χ0v) is 13.0. The summed E-state index contributed by atoms with van der Waals surface area (Å²) in [6, 6.07) is 8.13. The molecule has 0 aliphatic heterocycles.